The van der Waals surface area contributed by atoms with E-state index in [2.05, 4.69) is 15.5 Å². The number of aromatic nitrogens is 2. The predicted molar refractivity (Wildman–Crippen MR) is 143 cm³/mol. The lowest BCUT2D eigenvalue weighted by atomic mass is 9.94. The number of halogens is 4. The minimum absolute atomic E-state index is 0.00762. The van der Waals surface area contributed by atoms with Crippen molar-refractivity contribution in [3.05, 3.63) is 93.2 Å². The average molecular weight is 592 g/mol. The number of sulfone groups is 1. The molecule has 202 valence electrons. The van der Waals surface area contributed by atoms with Crippen LogP contribution < -0.4 is 5.32 Å². The molecule has 1 amide bonds. The topological polar surface area (TPSA) is 102 Å². The van der Waals surface area contributed by atoms with Gasteiger partial charge in [-0.15, -0.1) is 0 Å². The number of nitrogens with one attached hydrogen (secondary N) is 1. The summed E-state index contributed by atoms with van der Waals surface area (Å²) in [6.45, 7) is 1.57. The highest BCUT2D eigenvalue weighted by atomic mass is 35.5. The molecule has 3 aromatic carbocycles. The summed E-state index contributed by atoms with van der Waals surface area (Å²) in [6, 6.07) is 12.3. The van der Waals surface area contributed by atoms with Crippen LogP contribution in [0.5, 0.6) is 0 Å². The molecule has 7 nitrogen and oxygen atoms in total. The second kappa shape index (κ2) is 10.3. The molecule has 0 atom stereocenters. The number of benzene rings is 3. The molecule has 0 saturated heterocycles. The van der Waals surface area contributed by atoms with Gasteiger partial charge >= 0.3 is 0 Å². The van der Waals surface area contributed by atoms with Crippen LogP contribution >= 0.6 is 23.2 Å². The van der Waals surface area contributed by atoms with E-state index in [4.69, 9.17) is 27.7 Å². The van der Waals surface area contributed by atoms with Crippen LogP contribution in [0.15, 0.2) is 64.0 Å². The summed E-state index contributed by atoms with van der Waals surface area (Å²) in [5.41, 5.74) is 0.808. The van der Waals surface area contributed by atoms with Crippen molar-refractivity contribution < 1.29 is 26.5 Å². The van der Waals surface area contributed by atoms with Crippen molar-refractivity contribution in [2.75, 3.05) is 11.1 Å². The number of carbonyl (C=O) groups excluding carboxylic acids is 1. The number of hydrogen-bond donors (Lipinski definition) is 1. The third-order valence-corrected chi connectivity index (χ3v) is 8.94. The third kappa shape index (κ3) is 5.41. The summed E-state index contributed by atoms with van der Waals surface area (Å²) in [5.74, 6) is -1.72. The van der Waals surface area contributed by atoms with Crippen molar-refractivity contribution in [3.8, 4) is 11.5 Å². The van der Waals surface area contributed by atoms with Gasteiger partial charge in [0.2, 0.25) is 5.91 Å². The van der Waals surface area contributed by atoms with E-state index in [9.17, 15) is 22.0 Å². The molecule has 1 fully saturated rings. The van der Waals surface area contributed by atoms with Gasteiger partial charge in [-0.25, -0.2) is 17.2 Å². The summed E-state index contributed by atoms with van der Waals surface area (Å²) in [5, 5.41) is 7.34. The van der Waals surface area contributed by atoms with Crippen LogP contribution in [-0.4, -0.2) is 30.2 Å². The Hall–Kier alpha value is -3.34. The smallest absolute Gasteiger partial charge is 0.260 e. The van der Waals surface area contributed by atoms with Crippen LogP contribution in [0.3, 0.4) is 0 Å². The van der Waals surface area contributed by atoms with Crippen molar-refractivity contribution >= 4 is 44.6 Å². The second-order valence-electron chi connectivity index (χ2n) is 9.22. The maximum atomic E-state index is 14.2. The Morgan fingerprint density at radius 3 is 2.31 bits per heavy atom. The zero-order valence-corrected chi connectivity index (χ0v) is 22.8. The first-order valence-electron chi connectivity index (χ1n) is 11.9. The number of anilines is 1. The summed E-state index contributed by atoms with van der Waals surface area (Å²) >= 11 is 13.2. The number of hydrogen-bond acceptors (Lipinski definition) is 6. The van der Waals surface area contributed by atoms with Crippen LogP contribution in [0.2, 0.25) is 10.0 Å². The SMILES string of the molecule is CCS(=O)(=O)c1ccc(CC(=O)Nc2cc(Cl)c(C3(c4noc(-c5ccc(F)cc5F)n4)CC3)c(Cl)c2)cc1. The molecule has 4 aromatic rings. The summed E-state index contributed by atoms with van der Waals surface area (Å²) in [7, 11) is -3.32. The molecule has 12 heteroatoms. The molecule has 1 saturated carbocycles. The molecule has 1 aromatic heterocycles. The number of rotatable bonds is 8. The van der Waals surface area contributed by atoms with Crippen LogP contribution in [0.25, 0.3) is 11.5 Å². The first-order valence-corrected chi connectivity index (χ1v) is 14.3. The Bertz CT molecular complexity index is 1660. The minimum atomic E-state index is -3.32. The van der Waals surface area contributed by atoms with E-state index < -0.39 is 26.9 Å². The largest absolute Gasteiger partial charge is 0.334 e. The Labute approximate surface area is 233 Å². The minimum Gasteiger partial charge on any atom is -0.334 e. The number of nitrogens with zero attached hydrogens (tertiary/aromatic N) is 2. The van der Waals surface area contributed by atoms with E-state index in [1.165, 1.54) is 18.2 Å². The number of carbonyl (C=O) groups is 1. The molecule has 0 aliphatic heterocycles. The van der Waals surface area contributed by atoms with Gasteiger partial charge < -0.3 is 9.84 Å². The standard InChI is InChI=1S/C27H21Cl2F2N3O4S/c1-2-39(36,37)18-6-3-15(4-7-18)11-23(35)32-17-13-20(28)24(21(29)14-17)27(9-10-27)26-33-25(38-34-26)19-8-5-16(30)12-22(19)31/h3-8,12-14H,2,9-11H2,1H3,(H,32,35). The zero-order valence-electron chi connectivity index (χ0n) is 20.5. The predicted octanol–water partition coefficient (Wildman–Crippen LogP) is 6.38. The van der Waals surface area contributed by atoms with E-state index >= 15 is 0 Å². The highest BCUT2D eigenvalue weighted by Gasteiger charge is 2.52. The van der Waals surface area contributed by atoms with Gasteiger partial charge in [0.1, 0.15) is 11.6 Å². The van der Waals surface area contributed by atoms with E-state index in [0.29, 0.717) is 29.7 Å². The maximum Gasteiger partial charge on any atom is 0.260 e. The van der Waals surface area contributed by atoms with Crippen LogP contribution in [0, 0.1) is 11.6 Å². The van der Waals surface area contributed by atoms with Gasteiger partial charge in [-0.1, -0.05) is 47.4 Å². The average Bonchev–Trinajstić information content (AvgIpc) is 3.51. The molecule has 0 bridgehead atoms. The van der Waals surface area contributed by atoms with Crippen molar-refractivity contribution in [1.29, 1.82) is 0 Å². The molecular weight excluding hydrogens is 571 g/mol. The van der Waals surface area contributed by atoms with Crippen LogP contribution in [0.1, 0.15) is 36.7 Å². The first kappa shape index (κ1) is 27.2. The fourth-order valence-electron chi connectivity index (χ4n) is 4.37. The fraction of sp³-hybridized carbons (Fsp3) is 0.222. The van der Waals surface area contributed by atoms with E-state index in [-0.39, 0.29) is 50.3 Å². The van der Waals surface area contributed by atoms with Crippen LogP contribution in [-0.2, 0) is 26.5 Å². The Morgan fingerprint density at radius 1 is 1.05 bits per heavy atom. The lowest BCUT2D eigenvalue weighted by Crippen LogP contribution is -2.16. The molecule has 1 aliphatic carbocycles. The monoisotopic (exact) mass is 591 g/mol. The zero-order chi connectivity index (χ0) is 27.9. The molecule has 0 spiro atoms. The van der Waals surface area contributed by atoms with E-state index in [1.807, 2.05) is 0 Å². The Morgan fingerprint density at radius 2 is 1.72 bits per heavy atom. The number of amides is 1. The summed E-state index contributed by atoms with van der Waals surface area (Å²) < 4.78 is 56.7. The van der Waals surface area contributed by atoms with Crippen LogP contribution in [0.4, 0.5) is 14.5 Å². The Balaban J connectivity index is 1.33. The van der Waals surface area contributed by atoms with Crippen molar-refractivity contribution in [1.82, 2.24) is 10.1 Å². The second-order valence-corrected chi connectivity index (χ2v) is 12.3. The van der Waals surface area contributed by atoms with Gasteiger partial charge in [0.15, 0.2) is 15.7 Å². The van der Waals surface area contributed by atoms with Crippen molar-refractivity contribution in [2.45, 2.75) is 36.5 Å². The lowest BCUT2D eigenvalue weighted by molar-refractivity contribution is -0.115. The maximum absolute atomic E-state index is 14.2. The molecule has 1 N–H and O–H groups in total. The molecule has 1 aliphatic rings. The van der Waals surface area contributed by atoms with Crippen molar-refractivity contribution in [2.24, 2.45) is 0 Å². The first-order chi connectivity index (χ1) is 18.5. The molecule has 1 heterocycles. The molecule has 5 rings (SSSR count). The molecular formula is C27H21Cl2F2N3O4S. The highest BCUT2D eigenvalue weighted by Crippen LogP contribution is 2.57. The van der Waals surface area contributed by atoms with Gasteiger partial charge in [0.05, 0.1) is 28.0 Å². The highest BCUT2D eigenvalue weighted by molar-refractivity contribution is 7.91. The van der Waals surface area contributed by atoms with Gasteiger partial charge in [-0.2, -0.15) is 4.98 Å². The fourth-order valence-corrected chi connectivity index (χ4v) is 6.11. The van der Waals surface area contributed by atoms with Gasteiger partial charge in [0, 0.05) is 27.4 Å². The van der Waals surface area contributed by atoms with Gasteiger partial charge in [0.25, 0.3) is 5.89 Å². The van der Waals surface area contributed by atoms with Crippen molar-refractivity contribution in [3.63, 3.8) is 0 Å². The lowest BCUT2D eigenvalue weighted by Gasteiger charge is -2.17. The summed E-state index contributed by atoms with van der Waals surface area (Å²) in [4.78, 5) is 17.2. The molecule has 0 radical (unpaired) electrons. The van der Waals surface area contributed by atoms with E-state index in [0.717, 1.165) is 12.1 Å². The van der Waals surface area contributed by atoms with E-state index in [1.54, 1.807) is 31.2 Å². The quantitative estimate of drug-likeness (QED) is 0.255. The molecule has 39 heavy (non-hydrogen) atoms. The Kier molecular flexibility index (Phi) is 7.21. The van der Waals surface area contributed by atoms with Gasteiger partial charge in [-0.3, -0.25) is 4.79 Å². The summed E-state index contributed by atoms with van der Waals surface area (Å²) in [6.07, 6.45) is 1.25. The molecule has 0 unspecified atom stereocenters. The van der Waals surface area contributed by atoms with Gasteiger partial charge in [-0.05, 0) is 54.8 Å². The third-order valence-electron chi connectivity index (χ3n) is 6.60. The normalized spacial score (nSPS) is 14.3.